The summed E-state index contributed by atoms with van der Waals surface area (Å²) in [4.78, 5) is 0. The summed E-state index contributed by atoms with van der Waals surface area (Å²) < 4.78 is 7.49. The Labute approximate surface area is 226 Å². The van der Waals surface area contributed by atoms with Crippen LogP contribution in [0.5, 0.6) is 0 Å². The van der Waals surface area contributed by atoms with Gasteiger partial charge in [-0.2, -0.15) is 0 Å². The molecule has 0 aliphatic rings. The zero-order valence-electron chi connectivity index (χ0n) is 24.4. The molecule has 3 rings (SSSR count). The monoisotopic (exact) mass is 710 g/mol. The fourth-order valence-corrected chi connectivity index (χ4v) is 40.6. The van der Waals surface area contributed by atoms with Crippen LogP contribution in [-0.4, -0.2) is 74.2 Å². The van der Waals surface area contributed by atoms with Crippen LogP contribution in [0.2, 0.25) is 23.6 Å². The molecule has 0 unspecified atom stereocenters. The third-order valence-corrected chi connectivity index (χ3v) is 45.2. The summed E-state index contributed by atoms with van der Waals surface area (Å²) in [6.45, 7) is 28.1. The first kappa shape index (κ1) is 29.5. The first-order chi connectivity index (χ1) is 16.8. The second-order valence-electron chi connectivity index (χ2n) is 12.1. The van der Waals surface area contributed by atoms with Crippen molar-refractivity contribution in [1.82, 2.24) is 36.9 Å². The van der Waals surface area contributed by atoms with E-state index >= 15 is 0 Å². The second-order valence-corrected chi connectivity index (χ2v) is 44.2. The van der Waals surface area contributed by atoms with E-state index in [-0.39, 0.29) is 0 Å². The number of hydrogen-bond acceptors (Lipinski definition) is 6. The van der Waals surface area contributed by atoms with Crippen molar-refractivity contribution < 1.29 is 0 Å². The van der Waals surface area contributed by atoms with Crippen LogP contribution in [0.1, 0.15) is 83.1 Å². The van der Waals surface area contributed by atoms with Gasteiger partial charge in [-0.3, -0.25) is 0 Å². The average molecular weight is 708 g/mol. The van der Waals surface area contributed by atoms with Gasteiger partial charge in [0.1, 0.15) is 0 Å². The van der Waals surface area contributed by atoms with Gasteiger partial charge in [-0.15, -0.1) is 0 Å². The average Bonchev–Trinajstić information content (AvgIpc) is 3.44. The molecule has 8 nitrogen and oxygen atoms in total. The molecule has 10 heteroatoms. The minimum absolute atomic E-state index is 0.557. The van der Waals surface area contributed by atoms with E-state index in [1.54, 1.807) is 0 Å². The van der Waals surface area contributed by atoms with Gasteiger partial charge in [-0.25, -0.2) is 0 Å². The van der Waals surface area contributed by atoms with E-state index in [0.717, 1.165) is 11.1 Å². The molecule has 0 fully saturated rings. The van der Waals surface area contributed by atoms with E-state index in [9.17, 15) is 0 Å². The van der Waals surface area contributed by atoms with E-state index in [1.165, 1.54) is 0 Å². The minimum atomic E-state index is -3.02. The molecule has 0 spiro atoms. The van der Waals surface area contributed by atoms with Crippen molar-refractivity contribution in [2.45, 2.75) is 107 Å². The molecule has 2 heterocycles. The normalized spacial score (nSPS) is 13.4. The van der Waals surface area contributed by atoms with Crippen LogP contribution in [0.15, 0.2) is 24.3 Å². The summed E-state index contributed by atoms with van der Waals surface area (Å²) in [5, 5.41) is 28.7. The predicted octanol–water partition coefficient (Wildman–Crippen LogP) is 7.04. The molecule has 0 bridgehead atoms. The molecule has 0 aliphatic carbocycles. The van der Waals surface area contributed by atoms with Gasteiger partial charge < -0.3 is 0 Å². The van der Waals surface area contributed by atoms with Crippen molar-refractivity contribution in [3.8, 4) is 22.8 Å². The SMILES string of the molecule is C[CH](C)[Sn]([CH](C)C)([CH](C)C)[n]1nnc(-c2ccccc2-c2nn[n]([Sn]([CH](C)C)([CH](C)C)[CH](C)C)n2)n1. The first-order valence-electron chi connectivity index (χ1n) is 13.5. The molecule has 36 heavy (non-hydrogen) atoms. The third-order valence-electron chi connectivity index (χ3n) is 8.48. The molecule has 0 aliphatic heterocycles. The Kier molecular flexibility index (Phi) is 9.32. The van der Waals surface area contributed by atoms with E-state index < -0.39 is 37.3 Å². The first-order valence-corrected chi connectivity index (χ1v) is 26.0. The van der Waals surface area contributed by atoms with Crippen molar-refractivity contribution in [2.24, 2.45) is 0 Å². The Morgan fingerprint density at radius 1 is 0.500 bits per heavy atom. The van der Waals surface area contributed by atoms with Crippen LogP contribution in [0.4, 0.5) is 0 Å². The van der Waals surface area contributed by atoms with Crippen LogP contribution in [-0.2, 0) is 0 Å². The summed E-state index contributed by atoms with van der Waals surface area (Å²) in [5.74, 6) is 1.30. The Hall–Kier alpha value is -1.04. The van der Waals surface area contributed by atoms with E-state index in [2.05, 4.69) is 122 Å². The maximum atomic E-state index is 5.06. The maximum absolute atomic E-state index is 5.06. The number of aromatic nitrogens is 8. The Morgan fingerprint density at radius 3 is 1.03 bits per heavy atom. The second kappa shape index (κ2) is 11.4. The molecule has 0 saturated carbocycles. The summed E-state index contributed by atoms with van der Waals surface area (Å²) in [5.41, 5.74) is 1.83. The standard InChI is InChI=1S/C8H4N8.6C3H7.2Sn/c1-2-4-6(8-11-15-16-12-8)5(3-1)7-9-13-14-10-7;6*1-3-2;;/h1-4H;6*3H,1-2H3;;/q-2;;;;;;;2*+1. The number of tetrazole rings is 2. The van der Waals surface area contributed by atoms with Gasteiger partial charge in [0.2, 0.25) is 0 Å². The number of benzene rings is 1. The number of nitrogens with zero attached hydrogens (tertiary/aromatic N) is 8. The molecule has 0 radical (unpaired) electrons. The topological polar surface area (TPSA) is 87.2 Å². The van der Waals surface area contributed by atoms with Crippen LogP contribution >= 0.6 is 0 Å². The Bertz CT molecular complexity index is 1010. The molecule has 0 atom stereocenters. The van der Waals surface area contributed by atoms with Crippen molar-refractivity contribution >= 4 is 37.3 Å². The van der Waals surface area contributed by atoms with Crippen LogP contribution in [0.25, 0.3) is 22.8 Å². The zero-order valence-corrected chi connectivity index (χ0v) is 30.1. The predicted molar refractivity (Wildman–Crippen MR) is 153 cm³/mol. The molecule has 0 N–H and O–H groups in total. The van der Waals surface area contributed by atoms with Gasteiger partial charge in [0, 0.05) is 0 Å². The van der Waals surface area contributed by atoms with Gasteiger partial charge in [0.15, 0.2) is 0 Å². The number of hydrogen-bond donors (Lipinski definition) is 0. The van der Waals surface area contributed by atoms with Crippen molar-refractivity contribution in [1.29, 1.82) is 0 Å². The van der Waals surface area contributed by atoms with Crippen molar-refractivity contribution in [3.05, 3.63) is 24.3 Å². The quantitative estimate of drug-likeness (QED) is 0.210. The molecular weight excluding hydrogens is 662 g/mol. The molecule has 1 aromatic carbocycles. The van der Waals surface area contributed by atoms with Gasteiger partial charge in [-0.05, 0) is 0 Å². The van der Waals surface area contributed by atoms with Crippen molar-refractivity contribution in [3.63, 3.8) is 0 Å². The van der Waals surface area contributed by atoms with E-state index in [4.69, 9.17) is 10.2 Å². The molecular formula is C26H46N8Sn2. The molecule has 198 valence electrons. The van der Waals surface area contributed by atoms with Crippen LogP contribution < -0.4 is 0 Å². The summed E-state index contributed by atoms with van der Waals surface area (Å²) in [6.07, 6.45) is 0. The molecule has 3 aromatic rings. The van der Waals surface area contributed by atoms with Crippen LogP contribution in [0, 0.1) is 0 Å². The van der Waals surface area contributed by atoms with Gasteiger partial charge >= 0.3 is 228 Å². The Morgan fingerprint density at radius 2 is 0.778 bits per heavy atom. The van der Waals surface area contributed by atoms with Crippen LogP contribution in [0.3, 0.4) is 0 Å². The van der Waals surface area contributed by atoms with E-state index in [1.807, 2.05) is 12.1 Å². The van der Waals surface area contributed by atoms with Gasteiger partial charge in [-0.1, -0.05) is 0 Å². The van der Waals surface area contributed by atoms with Crippen molar-refractivity contribution in [2.75, 3.05) is 0 Å². The zero-order chi connectivity index (χ0) is 27.0. The molecule has 0 amide bonds. The summed E-state index contributed by atoms with van der Waals surface area (Å²) in [7, 11) is 0. The van der Waals surface area contributed by atoms with Gasteiger partial charge in [0.05, 0.1) is 0 Å². The fraction of sp³-hybridized carbons (Fsp3) is 0.692. The fourth-order valence-electron chi connectivity index (χ4n) is 7.23. The third kappa shape index (κ3) is 4.78. The molecule has 0 saturated heterocycles. The summed E-state index contributed by atoms with van der Waals surface area (Å²) in [6, 6.07) is 8.15. The Balaban J connectivity index is 2.13. The molecule has 2 aromatic heterocycles. The van der Waals surface area contributed by atoms with Gasteiger partial charge in [0.25, 0.3) is 0 Å². The van der Waals surface area contributed by atoms with E-state index in [0.29, 0.717) is 35.3 Å². The number of rotatable bonds is 10. The summed E-state index contributed by atoms with van der Waals surface area (Å²) >= 11 is -6.04.